The van der Waals surface area contributed by atoms with Crippen LogP contribution in [0.3, 0.4) is 0 Å². The lowest BCUT2D eigenvalue weighted by atomic mass is 10.2. The monoisotopic (exact) mass is 231 g/mol. The van der Waals surface area contributed by atoms with Crippen molar-refractivity contribution in [3.05, 3.63) is 59.5 Å². The van der Waals surface area contributed by atoms with Gasteiger partial charge in [-0.05, 0) is 18.6 Å². The van der Waals surface area contributed by atoms with E-state index in [1.165, 1.54) is 6.26 Å². The van der Waals surface area contributed by atoms with Gasteiger partial charge in [0.1, 0.15) is 5.76 Å². The van der Waals surface area contributed by atoms with Crippen LogP contribution in [0.5, 0.6) is 0 Å². The zero-order valence-corrected chi connectivity index (χ0v) is 9.47. The van der Waals surface area contributed by atoms with Crippen molar-refractivity contribution in [3.8, 4) is 0 Å². The number of carbonyl (C=O) groups is 1. The van der Waals surface area contributed by atoms with Crippen LogP contribution in [-0.2, 0) is 11.4 Å². The van der Waals surface area contributed by atoms with Crippen LogP contribution < -0.4 is 5.48 Å². The maximum absolute atomic E-state index is 11.6. The smallest absolute Gasteiger partial charge is 0.278 e. The summed E-state index contributed by atoms with van der Waals surface area (Å²) in [5, 5.41) is 0. The fraction of sp³-hybridized carbons (Fsp3) is 0.154. The number of rotatable bonds is 4. The Labute approximate surface area is 99.2 Å². The molecule has 1 N–H and O–H groups in total. The van der Waals surface area contributed by atoms with Gasteiger partial charge < -0.3 is 4.42 Å². The van der Waals surface area contributed by atoms with Crippen molar-refractivity contribution in [3.63, 3.8) is 0 Å². The Morgan fingerprint density at radius 2 is 2.06 bits per heavy atom. The average Bonchev–Trinajstić information content (AvgIpc) is 2.77. The minimum atomic E-state index is -0.299. The molecule has 4 nitrogen and oxygen atoms in total. The van der Waals surface area contributed by atoms with Crippen LogP contribution in [0.15, 0.2) is 47.1 Å². The molecule has 88 valence electrons. The first-order valence-electron chi connectivity index (χ1n) is 5.27. The van der Waals surface area contributed by atoms with E-state index in [-0.39, 0.29) is 5.91 Å². The van der Waals surface area contributed by atoms with E-state index >= 15 is 0 Å². The fourth-order valence-electron chi connectivity index (χ4n) is 1.43. The van der Waals surface area contributed by atoms with Gasteiger partial charge in [-0.3, -0.25) is 9.63 Å². The Hall–Kier alpha value is -2.07. The molecule has 2 rings (SSSR count). The summed E-state index contributed by atoms with van der Waals surface area (Å²) in [6, 6.07) is 11.2. The van der Waals surface area contributed by atoms with Crippen molar-refractivity contribution < 1.29 is 14.0 Å². The van der Waals surface area contributed by atoms with Crippen molar-refractivity contribution >= 4 is 5.91 Å². The molecule has 0 atom stereocenters. The SMILES string of the molecule is Cc1occc1C(=O)NOCc1ccccc1. The quantitative estimate of drug-likeness (QED) is 0.822. The molecule has 17 heavy (non-hydrogen) atoms. The molecule has 1 aromatic carbocycles. The molecule has 0 radical (unpaired) electrons. The minimum Gasteiger partial charge on any atom is -0.469 e. The number of hydroxylamine groups is 1. The normalized spacial score (nSPS) is 10.2. The number of amides is 1. The van der Waals surface area contributed by atoms with Gasteiger partial charge >= 0.3 is 0 Å². The number of aryl methyl sites for hydroxylation is 1. The van der Waals surface area contributed by atoms with Gasteiger partial charge in [-0.2, -0.15) is 0 Å². The highest BCUT2D eigenvalue weighted by molar-refractivity contribution is 5.94. The molecule has 0 fully saturated rings. The first-order chi connectivity index (χ1) is 8.27. The van der Waals surface area contributed by atoms with Gasteiger partial charge in [0.15, 0.2) is 0 Å². The van der Waals surface area contributed by atoms with Gasteiger partial charge in [0, 0.05) is 0 Å². The Morgan fingerprint density at radius 3 is 2.71 bits per heavy atom. The molecule has 0 unspecified atom stereocenters. The van der Waals surface area contributed by atoms with E-state index in [0.717, 1.165) is 5.56 Å². The van der Waals surface area contributed by atoms with Crippen molar-refractivity contribution in [1.29, 1.82) is 0 Å². The number of hydrogen-bond donors (Lipinski definition) is 1. The summed E-state index contributed by atoms with van der Waals surface area (Å²) in [5.74, 6) is 0.276. The van der Waals surface area contributed by atoms with E-state index in [0.29, 0.717) is 17.9 Å². The lowest BCUT2D eigenvalue weighted by molar-refractivity contribution is 0.0232. The lowest BCUT2D eigenvalue weighted by Crippen LogP contribution is -2.23. The number of benzene rings is 1. The summed E-state index contributed by atoms with van der Waals surface area (Å²) in [7, 11) is 0. The maximum atomic E-state index is 11.6. The van der Waals surface area contributed by atoms with Gasteiger partial charge in [-0.15, -0.1) is 0 Å². The minimum absolute atomic E-state index is 0.299. The number of hydrogen-bond acceptors (Lipinski definition) is 3. The molecule has 0 saturated carbocycles. The van der Waals surface area contributed by atoms with Gasteiger partial charge in [0.25, 0.3) is 5.91 Å². The molecular formula is C13H13NO3. The molecule has 0 bridgehead atoms. The van der Waals surface area contributed by atoms with E-state index in [2.05, 4.69) is 5.48 Å². The van der Waals surface area contributed by atoms with Gasteiger partial charge in [0.05, 0.1) is 18.4 Å². The molecular weight excluding hydrogens is 218 g/mol. The summed E-state index contributed by atoms with van der Waals surface area (Å²) in [6.07, 6.45) is 1.47. The van der Waals surface area contributed by atoms with E-state index in [9.17, 15) is 4.79 Å². The third-order valence-electron chi connectivity index (χ3n) is 2.35. The highest BCUT2D eigenvalue weighted by atomic mass is 16.6. The molecule has 0 aliphatic heterocycles. The lowest BCUT2D eigenvalue weighted by Gasteiger charge is -2.05. The first-order valence-corrected chi connectivity index (χ1v) is 5.27. The van der Waals surface area contributed by atoms with Crippen LogP contribution in [0.1, 0.15) is 21.7 Å². The predicted molar refractivity (Wildman–Crippen MR) is 62.1 cm³/mol. The second-order valence-corrected chi connectivity index (χ2v) is 3.60. The van der Waals surface area contributed by atoms with E-state index in [1.54, 1.807) is 13.0 Å². The van der Waals surface area contributed by atoms with Crippen LogP contribution in [0.4, 0.5) is 0 Å². The molecule has 1 amide bonds. The second kappa shape index (κ2) is 5.32. The van der Waals surface area contributed by atoms with Crippen LogP contribution >= 0.6 is 0 Å². The Kier molecular flexibility index (Phi) is 3.57. The van der Waals surface area contributed by atoms with Gasteiger partial charge in [-0.1, -0.05) is 30.3 Å². The summed E-state index contributed by atoms with van der Waals surface area (Å²) >= 11 is 0. The standard InChI is InChI=1S/C13H13NO3/c1-10-12(7-8-16-10)13(15)14-17-9-11-5-3-2-4-6-11/h2-8H,9H2,1H3,(H,14,15). The van der Waals surface area contributed by atoms with Crippen molar-refractivity contribution in [2.45, 2.75) is 13.5 Å². The summed E-state index contributed by atoms with van der Waals surface area (Å²) in [5.41, 5.74) is 3.86. The average molecular weight is 231 g/mol. The third kappa shape index (κ3) is 2.95. The Bertz CT molecular complexity index is 490. The molecule has 4 heteroatoms. The second-order valence-electron chi connectivity index (χ2n) is 3.60. The van der Waals surface area contributed by atoms with Crippen LogP contribution in [0.25, 0.3) is 0 Å². The Balaban J connectivity index is 1.84. The zero-order chi connectivity index (χ0) is 12.1. The van der Waals surface area contributed by atoms with Gasteiger partial charge in [0.2, 0.25) is 0 Å². The highest BCUT2D eigenvalue weighted by Gasteiger charge is 2.10. The van der Waals surface area contributed by atoms with Crippen molar-refractivity contribution in [2.24, 2.45) is 0 Å². The number of carbonyl (C=O) groups excluding carboxylic acids is 1. The van der Waals surface area contributed by atoms with Crippen LogP contribution in [0.2, 0.25) is 0 Å². The third-order valence-corrected chi connectivity index (χ3v) is 2.35. The Morgan fingerprint density at radius 1 is 1.29 bits per heavy atom. The van der Waals surface area contributed by atoms with Crippen molar-refractivity contribution in [1.82, 2.24) is 5.48 Å². The zero-order valence-electron chi connectivity index (χ0n) is 9.47. The number of furan rings is 1. The van der Waals surface area contributed by atoms with E-state index in [1.807, 2.05) is 30.3 Å². The summed E-state index contributed by atoms with van der Waals surface area (Å²) in [6.45, 7) is 2.07. The van der Waals surface area contributed by atoms with Gasteiger partial charge in [-0.25, -0.2) is 5.48 Å². The molecule has 1 aromatic heterocycles. The summed E-state index contributed by atoms with van der Waals surface area (Å²) < 4.78 is 5.03. The molecule has 0 saturated heterocycles. The molecule has 0 spiro atoms. The fourth-order valence-corrected chi connectivity index (χ4v) is 1.43. The van der Waals surface area contributed by atoms with E-state index < -0.39 is 0 Å². The molecule has 2 aromatic rings. The first kappa shape index (κ1) is 11.4. The van der Waals surface area contributed by atoms with Crippen LogP contribution in [-0.4, -0.2) is 5.91 Å². The van der Waals surface area contributed by atoms with E-state index in [4.69, 9.17) is 9.25 Å². The van der Waals surface area contributed by atoms with Crippen LogP contribution in [0, 0.1) is 6.92 Å². The predicted octanol–water partition coefficient (Wildman–Crippen LogP) is 2.45. The largest absolute Gasteiger partial charge is 0.469 e. The molecule has 0 aliphatic rings. The summed E-state index contributed by atoms with van der Waals surface area (Å²) in [4.78, 5) is 16.7. The molecule has 1 heterocycles. The molecule has 0 aliphatic carbocycles. The maximum Gasteiger partial charge on any atom is 0.278 e. The number of nitrogens with one attached hydrogen (secondary N) is 1. The highest BCUT2D eigenvalue weighted by Crippen LogP contribution is 2.08. The topological polar surface area (TPSA) is 51.5 Å². The van der Waals surface area contributed by atoms with Crippen molar-refractivity contribution in [2.75, 3.05) is 0 Å².